The van der Waals surface area contributed by atoms with Crippen molar-refractivity contribution in [2.45, 2.75) is 29.9 Å². The van der Waals surface area contributed by atoms with Crippen LogP contribution in [0.5, 0.6) is 0 Å². The molecule has 1 heterocycles. The van der Waals surface area contributed by atoms with Gasteiger partial charge in [-0.1, -0.05) is 0 Å². The number of carboxylic acid groups (broad SMARTS) is 1. The van der Waals surface area contributed by atoms with E-state index in [1.807, 2.05) is 0 Å². The number of thiophene rings is 1. The van der Waals surface area contributed by atoms with E-state index in [9.17, 15) is 13.2 Å². The number of carboxylic acids is 1. The lowest BCUT2D eigenvalue weighted by Crippen LogP contribution is -2.32. The van der Waals surface area contributed by atoms with Gasteiger partial charge in [0.05, 0.1) is 5.92 Å². The van der Waals surface area contributed by atoms with Crippen molar-refractivity contribution in [2.24, 2.45) is 11.8 Å². The highest BCUT2D eigenvalue weighted by Crippen LogP contribution is 2.30. The van der Waals surface area contributed by atoms with E-state index < -0.39 is 16.0 Å². The Hall–Kier alpha value is -0.440. The van der Waals surface area contributed by atoms with Gasteiger partial charge in [0.25, 0.3) is 10.0 Å². The Labute approximate surface area is 130 Å². The van der Waals surface area contributed by atoms with E-state index in [0.717, 1.165) is 12.8 Å². The molecular weight excluding hydrogens is 366 g/mol. The summed E-state index contributed by atoms with van der Waals surface area (Å²) in [6.45, 7) is 0.374. The molecule has 0 aromatic carbocycles. The van der Waals surface area contributed by atoms with Crippen molar-refractivity contribution in [1.82, 2.24) is 4.72 Å². The summed E-state index contributed by atoms with van der Waals surface area (Å²) in [6.07, 6.45) is 2.77. The fraction of sp³-hybridized carbons (Fsp3) is 0.583. The van der Waals surface area contributed by atoms with Gasteiger partial charge in [-0.2, -0.15) is 0 Å². The van der Waals surface area contributed by atoms with E-state index in [-0.39, 0.29) is 16.0 Å². The van der Waals surface area contributed by atoms with E-state index in [2.05, 4.69) is 20.7 Å². The van der Waals surface area contributed by atoms with Crippen molar-refractivity contribution in [2.75, 3.05) is 6.54 Å². The summed E-state index contributed by atoms with van der Waals surface area (Å²) in [6, 6.07) is 1.71. The van der Waals surface area contributed by atoms with Crippen LogP contribution in [-0.2, 0) is 14.8 Å². The number of sulfonamides is 1. The van der Waals surface area contributed by atoms with Crippen LogP contribution < -0.4 is 4.72 Å². The largest absolute Gasteiger partial charge is 0.481 e. The number of nitrogens with one attached hydrogen (secondary N) is 1. The molecule has 0 spiro atoms. The Kier molecular flexibility index (Phi) is 5.22. The molecule has 112 valence electrons. The minimum Gasteiger partial charge on any atom is -0.481 e. The van der Waals surface area contributed by atoms with E-state index in [1.54, 1.807) is 11.4 Å². The molecule has 0 aliphatic heterocycles. The second-order valence-corrected chi connectivity index (χ2v) is 8.70. The van der Waals surface area contributed by atoms with Crippen molar-refractivity contribution >= 4 is 43.3 Å². The third-order valence-electron chi connectivity index (χ3n) is 3.59. The van der Waals surface area contributed by atoms with E-state index >= 15 is 0 Å². The maximum absolute atomic E-state index is 12.1. The molecule has 20 heavy (non-hydrogen) atoms. The van der Waals surface area contributed by atoms with Crippen molar-refractivity contribution in [1.29, 1.82) is 0 Å². The van der Waals surface area contributed by atoms with Gasteiger partial charge in [0.15, 0.2) is 0 Å². The van der Waals surface area contributed by atoms with E-state index in [1.165, 1.54) is 11.3 Å². The number of carbonyl (C=O) groups is 1. The van der Waals surface area contributed by atoms with Crippen LogP contribution in [0.2, 0.25) is 0 Å². The third-order valence-corrected chi connectivity index (χ3v) is 7.68. The van der Waals surface area contributed by atoms with Gasteiger partial charge in [-0.15, -0.1) is 11.3 Å². The first-order valence-electron chi connectivity index (χ1n) is 6.35. The van der Waals surface area contributed by atoms with Gasteiger partial charge < -0.3 is 5.11 Å². The summed E-state index contributed by atoms with van der Waals surface area (Å²) in [5.74, 6) is -0.792. The summed E-state index contributed by atoms with van der Waals surface area (Å²) >= 11 is 4.39. The van der Waals surface area contributed by atoms with Crippen molar-refractivity contribution in [3.05, 3.63) is 15.9 Å². The van der Waals surface area contributed by atoms with Gasteiger partial charge in [-0.25, -0.2) is 13.1 Å². The number of hydrogen-bond acceptors (Lipinski definition) is 4. The molecule has 1 fully saturated rings. The first-order valence-corrected chi connectivity index (χ1v) is 9.51. The summed E-state index contributed by atoms with van der Waals surface area (Å²) in [5.41, 5.74) is 0. The highest BCUT2D eigenvalue weighted by atomic mass is 79.9. The minimum absolute atomic E-state index is 0.221. The van der Waals surface area contributed by atoms with Crippen LogP contribution >= 0.6 is 27.3 Å². The zero-order valence-electron chi connectivity index (χ0n) is 10.7. The zero-order valence-corrected chi connectivity index (χ0v) is 13.9. The predicted octanol–water partition coefficient (Wildman–Crippen LogP) is 2.68. The summed E-state index contributed by atoms with van der Waals surface area (Å²) in [4.78, 5) is 10.9. The number of hydrogen-bond donors (Lipinski definition) is 2. The van der Waals surface area contributed by atoms with Crippen LogP contribution in [0.1, 0.15) is 25.7 Å². The molecular formula is C12H16BrNO4S2. The number of halogens is 1. The van der Waals surface area contributed by atoms with Gasteiger partial charge in [0, 0.05) is 11.0 Å². The lowest BCUT2D eigenvalue weighted by Gasteiger charge is -2.26. The highest BCUT2D eigenvalue weighted by Gasteiger charge is 2.27. The zero-order chi connectivity index (χ0) is 14.8. The van der Waals surface area contributed by atoms with Crippen LogP contribution in [0.3, 0.4) is 0 Å². The van der Waals surface area contributed by atoms with Crippen LogP contribution in [0, 0.1) is 11.8 Å². The Morgan fingerprint density at radius 1 is 1.40 bits per heavy atom. The minimum atomic E-state index is -3.47. The topological polar surface area (TPSA) is 83.5 Å². The average molecular weight is 382 g/mol. The molecule has 0 radical (unpaired) electrons. The molecule has 1 aliphatic carbocycles. The van der Waals surface area contributed by atoms with Crippen LogP contribution in [0.4, 0.5) is 0 Å². The molecule has 1 aliphatic rings. The maximum atomic E-state index is 12.1. The maximum Gasteiger partial charge on any atom is 0.306 e. The van der Waals surface area contributed by atoms with Gasteiger partial charge in [-0.05, 0) is 59.0 Å². The first-order chi connectivity index (χ1) is 9.40. The quantitative estimate of drug-likeness (QED) is 0.820. The predicted molar refractivity (Wildman–Crippen MR) is 80.3 cm³/mol. The van der Waals surface area contributed by atoms with Crippen LogP contribution in [0.25, 0.3) is 0 Å². The molecule has 0 bridgehead atoms. The smallest absolute Gasteiger partial charge is 0.306 e. The SMILES string of the molecule is O=C(O)C1CCC(CNS(=O)(=O)c2sccc2Br)CC1. The normalized spacial score (nSPS) is 23.6. The van der Waals surface area contributed by atoms with Crippen molar-refractivity contribution in [3.8, 4) is 0 Å². The van der Waals surface area contributed by atoms with E-state index in [4.69, 9.17) is 5.11 Å². The molecule has 0 atom stereocenters. The molecule has 5 nitrogen and oxygen atoms in total. The second-order valence-electron chi connectivity index (χ2n) is 4.96. The molecule has 1 aromatic rings. The van der Waals surface area contributed by atoms with Crippen LogP contribution in [-0.4, -0.2) is 26.0 Å². The summed E-state index contributed by atoms with van der Waals surface area (Å²) < 4.78 is 27.7. The Morgan fingerprint density at radius 3 is 2.55 bits per heavy atom. The van der Waals surface area contributed by atoms with Gasteiger partial charge in [0.1, 0.15) is 4.21 Å². The molecule has 0 unspecified atom stereocenters. The van der Waals surface area contributed by atoms with Crippen molar-refractivity contribution in [3.63, 3.8) is 0 Å². The monoisotopic (exact) mass is 381 g/mol. The number of aliphatic carboxylic acids is 1. The van der Waals surface area contributed by atoms with Crippen molar-refractivity contribution < 1.29 is 18.3 Å². The molecule has 8 heteroatoms. The Morgan fingerprint density at radius 2 is 2.05 bits per heavy atom. The third kappa shape index (κ3) is 3.81. The molecule has 0 saturated heterocycles. The lowest BCUT2D eigenvalue weighted by atomic mass is 9.82. The molecule has 0 amide bonds. The molecule has 1 saturated carbocycles. The molecule has 1 aromatic heterocycles. The summed E-state index contributed by atoms with van der Waals surface area (Å²) in [7, 11) is -3.47. The molecule has 2 N–H and O–H groups in total. The van der Waals surface area contributed by atoms with Gasteiger partial charge in [0.2, 0.25) is 0 Å². The number of rotatable bonds is 5. The Balaban J connectivity index is 1.88. The fourth-order valence-corrected chi connectivity index (χ4v) is 5.87. The Bertz CT molecular complexity index is 576. The highest BCUT2D eigenvalue weighted by molar-refractivity contribution is 9.10. The standard InChI is InChI=1S/C12H16BrNO4S2/c13-10-5-6-19-12(10)20(17,18)14-7-8-1-3-9(4-2-8)11(15)16/h5-6,8-9,14H,1-4,7H2,(H,15,16). The van der Waals surface area contributed by atoms with Crippen LogP contribution in [0.15, 0.2) is 20.1 Å². The first kappa shape index (κ1) is 15.9. The van der Waals surface area contributed by atoms with E-state index in [0.29, 0.717) is 23.9 Å². The van der Waals surface area contributed by atoms with Gasteiger partial charge in [-0.3, -0.25) is 4.79 Å². The average Bonchev–Trinajstić information content (AvgIpc) is 2.84. The van der Waals surface area contributed by atoms with Gasteiger partial charge >= 0.3 is 5.97 Å². The summed E-state index contributed by atoms with van der Waals surface area (Å²) in [5, 5.41) is 10.6. The lowest BCUT2D eigenvalue weighted by molar-refractivity contribution is -0.143. The fourth-order valence-electron chi connectivity index (χ4n) is 2.38. The second kappa shape index (κ2) is 6.55. The molecule has 2 rings (SSSR count).